The zero-order valence-electron chi connectivity index (χ0n) is 20.3. The molecule has 0 spiro atoms. The van der Waals surface area contributed by atoms with Gasteiger partial charge < -0.3 is 19.9 Å². The van der Waals surface area contributed by atoms with Gasteiger partial charge in [-0.1, -0.05) is 12.1 Å². The van der Waals surface area contributed by atoms with Crippen molar-refractivity contribution in [1.82, 2.24) is 14.5 Å². The quantitative estimate of drug-likeness (QED) is 0.471. The van der Waals surface area contributed by atoms with Crippen LogP contribution in [0.25, 0.3) is 11.1 Å². The molecule has 2 aromatic heterocycles. The van der Waals surface area contributed by atoms with E-state index in [4.69, 9.17) is 9.90 Å². The maximum atomic E-state index is 13.1. The first-order valence-corrected chi connectivity index (χ1v) is 12.1. The number of anilines is 2. The number of carbonyl (C=O) groups excluding carboxylic acids is 1. The maximum Gasteiger partial charge on any atom is 0.490 e. The molecule has 1 aromatic carbocycles. The Kier molecular flexibility index (Phi) is 7.80. The highest BCUT2D eigenvalue weighted by atomic mass is 19.4. The molecule has 3 heterocycles. The number of benzene rings is 1. The third-order valence-corrected chi connectivity index (χ3v) is 6.16. The lowest BCUT2D eigenvalue weighted by atomic mass is 10.2. The van der Waals surface area contributed by atoms with Crippen LogP contribution in [0.4, 0.5) is 24.8 Å². The van der Waals surface area contributed by atoms with Crippen LogP contribution in [0.1, 0.15) is 41.7 Å². The molecule has 37 heavy (non-hydrogen) atoms. The normalized spacial score (nSPS) is 15.2. The van der Waals surface area contributed by atoms with Crippen molar-refractivity contribution >= 4 is 23.5 Å². The van der Waals surface area contributed by atoms with Crippen molar-refractivity contribution in [3.63, 3.8) is 0 Å². The molecule has 3 aromatic rings. The van der Waals surface area contributed by atoms with Gasteiger partial charge in [-0.25, -0.2) is 14.8 Å². The van der Waals surface area contributed by atoms with Gasteiger partial charge in [0.1, 0.15) is 5.69 Å². The summed E-state index contributed by atoms with van der Waals surface area (Å²) in [4.78, 5) is 33.3. The van der Waals surface area contributed by atoms with E-state index >= 15 is 0 Å². The molecule has 2 fully saturated rings. The van der Waals surface area contributed by atoms with E-state index in [-0.39, 0.29) is 5.91 Å². The van der Waals surface area contributed by atoms with Crippen molar-refractivity contribution < 1.29 is 27.9 Å². The Morgan fingerprint density at radius 2 is 1.73 bits per heavy atom. The number of halogens is 3. The van der Waals surface area contributed by atoms with E-state index in [0.717, 1.165) is 48.0 Å². The third kappa shape index (κ3) is 7.08. The summed E-state index contributed by atoms with van der Waals surface area (Å²) in [6.45, 7) is 4.96. The number of aliphatic carboxylic acids is 1. The highest BCUT2D eigenvalue weighted by Crippen LogP contribution is 2.33. The number of aromatic nitrogens is 3. The first-order valence-electron chi connectivity index (χ1n) is 12.1. The Labute approximate surface area is 212 Å². The van der Waals surface area contributed by atoms with Gasteiger partial charge in [0.15, 0.2) is 0 Å². The Hall–Kier alpha value is -3.89. The molecule has 0 radical (unpaired) electrons. The summed E-state index contributed by atoms with van der Waals surface area (Å²) in [7, 11) is 0. The minimum Gasteiger partial charge on any atom is -0.475 e. The van der Waals surface area contributed by atoms with E-state index in [9.17, 15) is 18.0 Å². The van der Waals surface area contributed by atoms with Crippen molar-refractivity contribution in [3.05, 3.63) is 60.2 Å². The number of hydrogen-bond donors (Lipinski definition) is 2. The molecule has 0 unspecified atom stereocenters. The standard InChI is InChI=1S/C24H27N5O.C2HF3O2/c1-17-5-4-6-21(11-17)27-23(30)22-12-19(16-29(22)15-18-7-8-18)20-13-25-24(26-14-20)28-9-2-3-10-28;3-2(4,5)1(6)7/h4-6,11-14,16,18H,2-3,7-10,15H2,1H3,(H,27,30);(H,6,7). The van der Waals surface area contributed by atoms with Gasteiger partial charge in [0, 0.05) is 55.0 Å². The van der Waals surface area contributed by atoms with E-state index in [1.807, 2.05) is 49.6 Å². The van der Waals surface area contributed by atoms with Gasteiger partial charge >= 0.3 is 12.1 Å². The topological polar surface area (TPSA) is 100 Å². The second kappa shape index (κ2) is 11.0. The molecule has 11 heteroatoms. The Bertz CT molecular complexity index is 1250. The molecule has 1 amide bonds. The summed E-state index contributed by atoms with van der Waals surface area (Å²) in [6, 6.07) is 9.85. The molecular formula is C26H28F3N5O3. The molecule has 2 aliphatic rings. The summed E-state index contributed by atoms with van der Waals surface area (Å²) in [5, 5.41) is 10.2. The van der Waals surface area contributed by atoms with Crippen LogP contribution in [0.5, 0.6) is 0 Å². The molecule has 2 N–H and O–H groups in total. The highest BCUT2D eigenvalue weighted by Gasteiger charge is 2.38. The molecule has 8 nitrogen and oxygen atoms in total. The molecule has 196 valence electrons. The number of alkyl halides is 3. The largest absolute Gasteiger partial charge is 0.490 e. The summed E-state index contributed by atoms with van der Waals surface area (Å²) < 4.78 is 33.8. The average Bonchev–Trinajstić information content (AvgIpc) is 3.31. The molecular weight excluding hydrogens is 487 g/mol. The Morgan fingerprint density at radius 1 is 1.08 bits per heavy atom. The number of carboxylic acid groups (broad SMARTS) is 1. The van der Waals surface area contributed by atoms with Crippen LogP contribution in [0, 0.1) is 12.8 Å². The van der Waals surface area contributed by atoms with Crippen LogP contribution in [0.2, 0.25) is 0 Å². The predicted octanol–water partition coefficient (Wildman–Crippen LogP) is 5.15. The first-order chi connectivity index (χ1) is 17.6. The van der Waals surface area contributed by atoms with Crippen LogP contribution in [0.3, 0.4) is 0 Å². The summed E-state index contributed by atoms with van der Waals surface area (Å²) in [6.07, 6.45) is 5.61. The van der Waals surface area contributed by atoms with Crippen molar-refractivity contribution in [1.29, 1.82) is 0 Å². The van der Waals surface area contributed by atoms with Gasteiger partial charge in [-0.15, -0.1) is 0 Å². The number of aryl methyl sites for hydroxylation is 1. The molecule has 0 atom stereocenters. The van der Waals surface area contributed by atoms with E-state index in [2.05, 4.69) is 30.9 Å². The van der Waals surface area contributed by atoms with Gasteiger partial charge in [-0.05, 0) is 62.3 Å². The SMILES string of the molecule is Cc1cccc(NC(=O)c2cc(-c3cnc(N4CCCC4)nc3)cn2CC2CC2)c1.O=C(O)C(F)(F)F. The number of rotatable bonds is 6. The average molecular weight is 516 g/mol. The van der Waals surface area contributed by atoms with Gasteiger partial charge in [-0.3, -0.25) is 4.79 Å². The maximum absolute atomic E-state index is 13.1. The van der Waals surface area contributed by atoms with E-state index < -0.39 is 12.1 Å². The van der Waals surface area contributed by atoms with Crippen molar-refractivity contribution in [2.45, 2.75) is 45.3 Å². The molecule has 1 saturated heterocycles. The van der Waals surface area contributed by atoms with Gasteiger partial charge in [0.2, 0.25) is 5.95 Å². The van der Waals surface area contributed by atoms with E-state index in [1.54, 1.807) is 0 Å². The van der Waals surface area contributed by atoms with Gasteiger partial charge in [0.25, 0.3) is 5.91 Å². The number of carbonyl (C=O) groups is 2. The van der Waals surface area contributed by atoms with Crippen molar-refractivity contribution in [3.8, 4) is 11.1 Å². The lowest BCUT2D eigenvalue weighted by molar-refractivity contribution is -0.192. The zero-order valence-corrected chi connectivity index (χ0v) is 20.3. The number of hydrogen-bond acceptors (Lipinski definition) is 5. The number of nitrogens with zero attached hydrogens (tertiary/aromatic N) is 4. The van der Waals surface area contributed by atoms with Crippen LogP contribution >= 0.6 is 0 Å². The van der Waals surface area contributed by atoms with Gasteiger partial charge in [0.05, 0.1) is 0 Å². The molecule has 1 saturated carbocycles. The van der Waals surface area contributed by atoms with Crippen LogP contribution in [0.15, 0.2) is 48.9 Å². The molecule has 1 aliphatic heterocycles. The monoisotopic (exact) mass is 515 g/mol. The third-order valence-electron chi connectivity index (χ3n) is 6.16. The lowest BCUT2D eigenvalue weighted by Crippen LogP contribution is -2.21. The fraction of sp³-hybridized carbons (Fsp3) is 0.385. The number of nitrogens with one attached hydrogen (secondary N) is 1. The van der Waals surface area contributed by atoms with Crippen LogP contribution in [-0.4, -0.2) is 50.8 Å². The van der Waals surface area contributed by atoms with E-state index in [1.165, 1.54) is 25.7 Å². The fourth-order valence-corrected chi connectivity index (χ4v) is 4.06. The fourth-order valence-electron chi connectivity index (χ4n) is 4.06. The Balaban J connectivity index is 0.000000405. The minimum atomic E-state index is -5.08. The van der Waals surface area contributed by atoms with E-state index in [0.29, 0.717) is 11.6 Å². The smallest absolute Gasteiger partial charge is 0.475 e. The predicted molar refractivity (Wildman–Crippen MR) is 132 cm³/mol. The number of amides is 1. The minimum absolute atomic E-state index is 0.0814. The summed E-state index contributed by atoms with van der Waals surface area (Å²) in [5.74, 6) is -1.37. The van der Waals surface area contributed by atoms with Crippen molar-refractivity contribution in [2.75, 3.05) is 23.3 Å². The lowest BCUT2D eigenvalue weighted by Gasteiger charge is -2.14. The Morgan fingerprint density at radius 3 is 2.30 bits per heavy atom. The number of carboxylic acids is 1. The van der Waals surface area contributed by atoms with Gasteiger partial charge in [-0.2, -0.15) is 13.2 Å². The van der Waals surface area contributed by atoms with Crippen LogP contribution in [-0.2, 0) is 11.3 Å². The summed E-state index contributed by atoms with van der Waals surface area (Å²) >= 11 is 0. The highest BCUT2D eigenvalue weighted by molar-refractivity contribution is 6.04. The molecule has 1 aliphatic carbocycles. The first kappa shape index (κ1) is 26.2. The van der Waals surface area contributed by atoms with Crippen LogP contribution < -0.4 is 10.2 Å². The molecule has 0 bridgehead atoms. The second-order valence-electron chi connectivity index (χ2n) is 9.30. The van der Waals surface area contributed by atoms with Crippen molar-refractivity contribution in [2.24, 2.45) is 5.92 Å². The molecule has 5 rings (SSSR count). The summed E-state index contributed by atoms with van der Waals surface area (Å²) in [5.41, 5.74) is 4.55. The zero-order chi connectivity index (χ0) is 26.6. The second-order valence-corrected chi connectivity index (χ2v) is 9.30.